The second kappa shape index (κ2) is 20.7. The number of halogens is 2. The summed E-state index contributed by atoms with van der Waals surface area (Å²) < 4.78 is 17.7. The maximum atomic E-state index is 5.92. The third kappa shape index (κ3) is 14.0. The molecule has 0 bridgehead atoms. The highest BCUT2D eigenvalue weighted by molar-refractivity contribution is 9.10. The lowest BCUT2D eigenvalue weighted by Crippen LogP contribution is -2.15. The number of unbranched alkanes of at least 4 members (excludes halogenated alkanes) is 3. The van der Waals surface area contributed by atoms with Gasteiger partial charge < -0.3 is 19.3 Å². The molecule has 12 heteroatoms. The summed E-state index contributed by atoms with van der Waals surface area (Å²) >= 11 is 7.33. The Morgan fingerprint density at radius 2 is 1.02 bits per heavy atom. The third-order valence-electron chi connectivity index (χ3n) is 8.05. The Labute approximate surface area is 303 Å². The molecule has 0 spiro atoms. The molecule has 4 aromatic rings. The van der Waals surface area contributed by atoms with E-state index < -0.39 is 0 Å². The lowest BCUT2D eigenvalue weighted by Gasteiger charge is -2.12. The van der Waals surface area contributed by atoms with Crippen LogP contribution < -0.4 is 9.47 Å². The number of aryl methyl sites for hydroxylation is 6. The molecule has 0 aliphatic heterocycles. The van der Waals surface area contributed by atoms with Gasteiger partial charge in [0.25, 0.3) is 0 Å². The molecule has 2 heterocycles. The van der Waals surface area contributed by atoms with Crippen LogP contribution in [0.2, 0.25) is 0 Å². The van der Waals surface area contributed by atoms with Crippen LogP contribution in [0.5, 0.6) is 11.5 Å². The van der Waals surface area contributed by atoms with Gasteiger partial charge in [0.1, 0.15) is 11.5 Å². The average molecular weight is 789 g/mol. The van der Waals surface area contributed by atoms with Crippen molar-refractivity contribution in [3.8, 4) is 11.5 Å². The van der Waals surface area contributed by atoms with E-state index in [0.717, 1.165) is 109 Å². The molecule has 2 aromatic heterocycles. The highest BCUT2D eigenvalue weighted by Gasteiger charge is 2.08. The summed E-state index contributed by atoms with van der Waals surface area (Å²) in [7, 11) is 8.31. The highest BCUT2D eigenvalue weighted by atomic mass is 79.9. The van der Waals surface area contributed by atoms with Crippen LogP contribution in [0.4, 0.5) is 0 Å². The average Bonchev–Trinajstić information content (AvgIpc) is 3.71. The van der Waals surface area contributed by atoms with Gasteiger partial charge in [-0.3, -0.25) is 9.36 Å². The summed E-state index contributed by atoms with van der Waals surface area (Å²) in [4.78, 5) is 4.34. The number of hydrogen-bond donors (Lipinski definition) is 0. The van der Waals surface area contributed by atoms with Gasteiger partial charge in [-0.2, -0.15) is 0 Å². The molecule has 0 saturated carbocycles. The minimum atomic E-state index is 0.713. The molecule has 0 fully saturated rings. The fourth-order valence-electron chi connectivity index (χ4n) is 5.34. The predicted molar refractivity (Wildman–Crippen MR) is 199 cm³/mol. The molecule has 4 rings (SSSR count). The molecule has 0 N–H and O–H groups in total. The number of ether oxygens (including phenoxy) is 2. The molecule has 2 aromatic carbocycles. The van der Waals surface area contributed by atoms with Gasteiger partial charge in [0.15, 0.2) is 0 Å². The summed E-state index contributed by atoms with van der Waals surface area (Å²) in [5.74, 6) is 1.79. The zero-order valence-electron chi connectivity index (χ0n) is 29.1. The van der Waals surface area contributed by atoms with E-state index in [0.29, 0.717) is 13.2 Å². The van der Waals surface area contributed by atoms with Crippen molar-refractivity contribution in [2.75, 3.05) is 54.5 Å². The minimum absolute atomic E-state index is 0.713. The van der Waals surface area contributed by atoms with Gasteiger partial charge in [0, 0.05) is 38.6 Å². The summed E-state index contributed by atoms with van der Waals surface area (Å²) in [6, 6.07) is 12.7. The lowest BCUT2D eigenvalue weighted by atomic mass is 10.1. The first-order valence-electron chi connectivity index (χ1n) is 17.1. The molecule has 10 nitrogen and oxygen atoms in total. The van der Waals surface area contributed by atoms with E-state index in [-0.39, 0.29) is 0 Å². The van der Waals surface area contributed by atoms with Crippen molar-refractivity contribution in [2.24, 2.45) is 0 Å². The first-order valence-corrected chi connectivity index (χ1v) is 18.7. The Morgan fingerprint density at radius 1 is 0.583 bits per heavy atom. The van der Waals surface area contributed by atoms with Crippen molar-refractivity contribution in [3.63, 3.8) is 0 Å². The topological polar surface area (TPSA) is 86.4 Å². The van der Waals surface area contributed by atoms with Crippen LogP contribution >= 0.6 is 31.9 Å². The monoisotopic (exact) mass is 786 g/mol. The molecule has 0 atom stereocenters. The highest BCUT2D eigenvalue weighted by Crippen LogP contribution is 2.27. The van der Waals surface area contributed by atoms with Crippen molar-refractivity contribution in [1.29, 1.82) is 0 Å². The molecular weight excluding hydrogens is 736 g/mol. The van der Waals surface area contributed by atoms with Crippen molar-refractivity contribution < 1.29 is 9.47 Å². The van der Waals surface area contributed by atoms with Crippen molar-refractivity contribution in [3.05, 3.63) is 80.3 Å². The summed E-state index contributed by atoms with van der Waals surface area (Å²) in [5.41, 5.74) is 4.62. The maximum Gasteiger partial charge on any atom is 0.133 e. The van der Waals surface area contributed by atoms with Crippen LogP contribution in [0.15, 0.2) is 57.7 Å². The maximum absolute atomic E-state index is 5.92. The molecule has 0 amide bonds. The Hall–Kier alpha value is -2.80. The molecule has 0 saturated heterocycles. The van der Waals surface area contributed by atoms with E-state index in [1.165, 1.54) is 24.0 Å². The Balaban J connectivity index is 1.06. The lowest BCUT2D eigenvalue weighted by molar-refractivity contribution is 0.280. The number of rotatable bonds is 23. The van der Waals surface area contributed by atoms with Crippen molar-refractivity contribution >= 4 is 31.9 Å². The van der Waals surface area contributed by atoms with Gasteiger partial charge in [-0.25, -0.2) is 0 Å². The second-order valence-corrected chi connectivity index (χ2v) is 14.6. The number of benzene rings is 2. The smallest absolute Gasteiger partial charge is 0.133 e. The van der Waals surface area contributed by atoms with E-state index in [9.17, 15) is 0 Å². The van der Waals surface area contributed by atoms with E-state index in [4.69, 9.17) is 9.47 Å². The van der Waals surface area contributed by atoms with E-state index in [1.54, 1.807) is 0 Å². The van der Waals surface area contributed by atoms with Crippen LogP contribution in [-0.4, -0.2) is 94.3 Å². The standard InChI is InChI=1S/C36H52Br2N8O2/c1-43(2)19-9-23-47-35-15-13-29(25-33(35)37)17-21-45-27-31(39-41-45)11-7-5-6-8-12-32-28-46(42-40-32)22-18-30-14-16-36(34(38)26-30)48-24-10-20-44(3)4/h13-16,25-28H,5-12,17-24H2,1-4H3. The Kier molecular flexibility index (Phi) is 16.4. The second-order valence-electron chi connectivity index (χ2n) is 12.9. The fourth-order valence-corrected chi connectivity index (χ4v) is 6.42. The molecule has 0 radical (unpaired) electrons. The first-order chi connectivity index (χ1) is 23.2. The molecule has 0 unspecified atom stereocenters. The van der Waals surface area contributed by atoms with Crippen LogP contribution in [0.1, 0.15) is 61.0 Å². The molecule has 0 aliphatic carbocycles. The molecular formula is C36H52Br2N8O2. The largest absolute Gasteiger partial charge is 0.492 e. The first kappa shape index (κ1) is 38.0. The van der Waals surface area contributed by atoms with Crippen LogP contribution in [0, 0.1) is 0 Å². The van der Waals surface area contributed by atoms with Gasteiger partial charge in [0.2, 0.25) is 0 Å². The fraction of sp³-hybridized carbons (Fsp3) is 0.556. The third-order valence-corrected chi connectivity index (χ3v) is 9.29. The van der Waals surface area contributed by atoms with Gasteiger partial charge in [0.05, 0.1) is 33.5 Å². The van der Waals surface area contributed by atoms with E-state index in [1.807, 2.05) is 9.36 Å². The van der Waals surface area contributed by atoms with Crippen LogP contribution in [0.25, 0.3) is 0 Å². The van der Waals surface area contributed by atoms with E-state index in [2.05, 4.69) is 139 Å². The summed E-state index contributed by atoms with van der Waals surface area (Å²) in [6.07, 6.45) is 14.5. The van der Waals surface area contributed by atoms with Gasteiger partial charge in [-0.05, 0) is 147 Å². The Morgan fingerprint density at radius 3 is 1.42 bits per heavy atom. The van der Waals surface area contributed by atoms with Crippen LogP contribution in [-0.2, 0) is 38.8 Å². The molecule has 262 valence electrons. The number of hydrogen-bond acceptors (Lipinski definition) is 8. The molecule has 48 heavy (non-hydrogen) atoms. The normalized spacial score (nSPS) is 11.6. The molecule has 0 aliphatic rings. The van der Waals surface area contributed by atoms with Gasteiger partial charge in [-0.1, -0.05) is 35.4 Å². The Bertz CT molecular complexity index is 1400. The van der Waals surface area contributed by atoms with Crippen LogP contribution in [0.3, 0.4) is 0 Å². The predicted octanol–water partition coefficient (Wildman–Crippen LogP) is 6.89. The van der Waals surface area contributed by atoms with Gasteiger partial charge in [-0.15, -0.1) is 10.2 Å². The van der Waals surface area contributed by atoms with Crippen molar-refractivity contribution in [1.82, 2.24) is 39.8 Å². The van der Waals surface area contributed by atoms with Crippen molar-refractivity contribution in [2.45, 2.75) is 77.3 Å². The van der Waals surface area contributed by atoms with Gasteiger partial charge >= 0.3 is 0 Å². The zero-order chi connectivity index (χ0) is 34.1. The van der Waals surface area contributed by atoms with E-state index >= 15 is 0 Å². The number of aromatic nitrogens is 6. The summed E-state index contributed by atoms with van der Waals surface area (Å²) in [5, 5.41) is 17.5. The quantitative estimate of drug-likeness (QED) is 0.0753. The SMILES string of the molecule is CN(C)CCCOc1ccc(CCn2cc(CCCCCCc3cn(CCc4ccc(OCCCN(C)C)c(Br)c4)nn3)nn2)cc1Br. The number of nitrogens with zero attached hydrogens (tertiary/aromatic N) is 8. The minimum Gasteiger partial charge on any atom is -0.492 e. The zero-order valence-corrected chi connectivity index (χ0v) is 32.3. The summed E-state index contributed by atoms with van der Waals surface area (Å²) in [6.45, 7) is 5.08.